The van der Waals surface area contributed by atoms with Gasteiger partial charge < -0.3 is 0 Å². The van der Waals surface area contributed by atoms with E-state index in [0.29, 0.717) is 22.5 Å². The molecule has 0 bridgehead atoms. The minimum atomic E-state index is -4.50. The number of nitrogens with zero attached hydrogens (tertiary/aromatic N) is 5. The van der Waals surface area contributed by atoms with Crippen molar-refractivity contribution in [2.75, 3.05) is 0 Å². The number of aromatic nitrogens is 5. The summed E-state index contributed by atoms with van der Waals surface area (Å²) in [6, 6.07) is 11.6. The van der Waals surface area contributed by atoms with Crippen LogP contribution in [-0.2, 0) is 6.18 Å². The molecule has 28 heavy (non-hydrogen) atoms. The van der Waals surface area contributed by atoms with Crippen LogP contribution in [0.3, 0.4) is 0 Å². The third-order valence-electron chi connectivity index (χ3n) is 3.99. The van der Waals surface area contributed by atoms with Gasteiger partial charge in [0, 0.05) is 41.5 Å². The Labute approximate surface area is 158 Å². The predicted octanol–water partition coefficient (Wildman–Crippen LogP) is 4.68. The second-order valence-corrected chi connectivity index (χ2v) is 5.84. The van der Waals surface area contributed by atoms with Gasteiger partial charge in [0.2, 0.25) is 0 Å². The van der Waals surface area contributed by atoms with Crippen LogP contribution in [0.25, 0.3) is 33.9 Å². The highest BCUT2D eigenvalue weighted by Gasteiger charge is 2.32. The molecule has 0 unspecified atom stereocenters. The van der Waals surface area contributed by atoms with Crippen molar-refractivity contribution in [2.24, 2.45) is 0 Å². The highest BCUT2D eigenvalue weighted by atomic mass is 19.4. The highest BCUT2D eigenvalue weighted by molar-refractivity contribution is 5.79. The van der Waals surface area contributed by atoms with E-state index in [1.807, 2.05) is 30.3 Å². The minimum Gasteiger partial charge on any atom is -0.261 e. The Kier molecular flexibility index (Phi) is 4.52. The Balaban J connectivity index is 1.83. The van der Waals surface area contributed by atoms with Crippen molar-refractivity contribution in [3.8, 4) is 33.9 Å². The van der Waals surface area contributed by atoms with E-state index < -0.39 is 11.9 Å². The van der Waals surface area contributed by atoms with Gasteiger partial charge in [0.05, 0.1) is 17.6 Å². The number of benzene rings is 1. The minimum absolute atomic E-state index is 0.271. The summed E-state index contributed by atoms with van der Waals surface area (Å²) < 4.78 is 38.2. The molecule has 0 atom stereocenters. The van der Waals surface area contributed by atoms with Gasteiger partial charge in [-0.2, -0.15) is 13.2 Å². The third-order valence-corrected chi connectivity index (χ3v) is 3.99. The lowest BCUT2D eigenvalue weighted by atomic mass is 10.0. The molecule has 0 aliphatic rings. The van der Waals surface area contributed by atoms with Crippen LogP contribution in [0.2, 0.25) is 0 Å². The number of halogens is 3. The second-order valence-electron chi connectivity index (χ2n) is 5.84. The predicted molar refractivity (Wildman–Crippen MR) is 96.7 cm³/mol. The van der Waals surface area contributed by atoms with Gasteiger partial charge in [-0.25, -0.2) is 9.97 Å². The molecule has 0 aliphatic heterocycles. The fraction of sp³-hybridized carbons (Fsp3) is 0.0500. The number of rotatable bonds is 3. The number of pyridine rings is 1. The van der Waals surface area contributed by atoms with Crippen molar-refractivity contribution in [1.82, 2.24) is 24.9 Å². The van der Waals surface area contributed by atoms with Crippen LogP contribution in [0.15, 0.2) is 73.4 Å². The topological polar surface area (TPSA) is 64.5 Å². The first-order valence-electron chi connectivity index (χ1n) is 8.25. The molecule has 0 amide bonds. The number of hydrogen-bond donors (Lipinski definition) is 0. The number of alkyl halides is 3. The van der Waals surface area contributed by atoms with E-state index in [0.717, 1.165) is 17.8 Å². The molecule has 0 saturated heterocycles. The maximum atomic E-state index is 12.7. The first-order valence-corrected chi connectivity index (χ1v) is 8.25. The Hall–Kier alpha value is -3.68. The fourth-order valence-corrected chi connectivity index (χ4v) is 2.66. The van der Waals surface area contributed by atoms with Crippen molar-refractivity contribution < 1.29 is 13.2 Å². The van der Waals surface area contributed by atoms with Gasteiger partial charge in [-0.3, -0.25) is 15.0 Å². The Bertz CT molecular complexity index is 1080. The summed E-state index contributed by atoms with van der Waals surface area (Å²) in [6.45, 7) is 0. The van der Waals surface area contributed by atoms with E-state index >= 15 is 0 Å². The average molecular weight is 379 g/mol. The van der Waals surface area contributed by atoms with Crippen LogP contribution in [0, 0.1) is 0 Å². The molecule has 0 spiro atoms. The van der Waals surface area contributed by atoms with Crippen molar-refractivity contribution in [1.29, 1.82) is 0 Å². The molecule has 8 heteroatoms. The van der Waals surface area contributed by atoms with Crippen LogP contribution >= 0.6 is 0 Å². The maximum Gasteiger partial charge on any atom is 0.433 e. The van der Waals surface area contributed by atoms with Gasteiger partial charge in [-0.15, -0.1) is 0 Å². The zero-order valence-electron chi connectivity index (χ0n) is 14.3. The van der Waals surface area contributed by atoms with Crippen molar-refractivity contribution in [2.45, 2.75) is 6.18 Å². The summed E-state index contributed by atoms with van der Waals surface area (Å²) in [5.74, 6) is 0.271. The van der Waals surface area contributed by atoms with E-state index in [4.69, 9.17) is 0 Å². The molecule has 138 valence electrons. The summed E-state index contributed by atoms with van der Waals surface area (Å²) in [6.07, 6.45) is 2.95. The van der Waals surface area contributed by atoms with E-state index in [1.165, 1.54) is 6.07 Å². The normalized spacial score (nSPS) is 11.4. The summed E-state index contributed by atoms with van der Waals surface area (Å²) >= 11 is 0. The van der Waals surface area contributed by atoms with Crippen LogP contribution in [0.1, 0.15) is 5.69 Å². The van der Waals surface area contributed by atoms with Gasteiger partial charge in [0.1, 0.15) is 5.69 Å². The summed E-state index contributed by atoms with van der Waals surface area (Å²) in [7, 11) is 0. The van der Waals surface area contributed by atoms with Crippen LogP contribution < -0.4 is 0 Å². The first-order chi connectivity index (χ1) is 13.5. The Morgan fingerprint density at radius 2 is 1.54 bits per heavy atom. The molecule has 3 heterocycles. The number of hydrogen-bond acceptors (Lipinski definition) is 5. The summed E-state index contributed by atoms with van der Waals surface area (Å²) in [5, 5.41) is 0. The molecular weight excluding hydrogens is 367 g/mol. The van der Waals surface area contributed by atoms with Gasteiger partial charge in [0.25, 0.3) is 0 Å². The third kappa shape index (κ3) is 3.57. The fourth-order valence-electron chi connectivity index (χ4n) is 2.66. The lowest BCUT2D eigenvalue weighted by molar-refractivity contribution is -0.141. The molecule has 0 saturated carbocycles. The molecule has 5 nitrogen and oxygen atoms in total. The SMILES string of the molecule is FC(F)(F)c1ccc(-c2ncc(-c3cnccn3)c(-c3ccccc3)n2)cn1. The largest absolute Gasteiger partial charge is 0.433 e. The molecular formula is C20H12F3N5. The van der Waals surface area contributed by atoms with Gasteiger partial charge in [-0.1, -0.05) is 30.3 Å². The Morgan fingerprint density at radius 1 is 0.714 bits per heavy atom. The van der Waals surface area contributed by atoms with Crippen LogP contribution in [-0.4, -0.2) is 24.9 Å². The molecule has 1 aromatic carbocycles. The zero-order valence-corrected chi connectivity index (χ0v) is 14.3. The molecule has 4 rings (SSSR count). The lowest BCUT2D eigenvalue weighted by Crippen LogP contribution is -2.07. The van der Waals surface area contributed by atoms with E-state index in [-0.39, 0.29) is 5.82 Å². The maximum absolute atomic E-state index is 12.7. The highest BCUT2D eigenvalue weighted by Crippen LogP contribution is 2.31. The Morgan fingerprint density at radius 3 is 2.18 bits per heavy atom. The van der Waals surface area contributed by atoms with Crippen molar-refractivity contribution in [3.63, 3.8) is 0 Å². The van der Waals surface area contributed by atoms with E-state index in [9.17, 15) is 13.2 Å². The molecule has 0 fully saturated rings. The monoisotopic (exact) mass is 379 g/mol. The van der Waals surface area contributed by atoms with Crippen molar-refractivity contribution >= 4 is 0 Å². The van der Waals surface area contributed by atoms with Gasteiger partial charge in [0.15, 0.2) is 5.82 Å². The second kappa shape index (κ2) is 7.15. The van der Waals surface area contributed by atoms with Crippen LogP contribution in [0.5, 0.6) is 0 Å². The molecule has 0 radical (unpaired) electrons. The quantitative estimate of drug-likeness (QED) is 0.517. The van der Waals surface area contributed by atoms with E-state index in [2.05, 4.69) is 24.9 Å². The van der Waals surface area contributed by atoms with E-state index in [1.54, 1.807) is 24.8 Å². The van der Waals surface area contributed by atoms with Gasteiger partial charge in [-0.05, 0) is 12.1 Å². The van der Waals surface area contributed by atoms with Crippen molar-refractivity contribution in [3.05, 3.63) is 79.1 Å². The first kappa shape index (κ1) is 17.7. The van der Waals surface area contributed by atoms with Gasteiger partial charge >= 0.3 is 6.18 Å². The molecule has 3 aromatic heterocycles. The summed E-state index contributed by atoms with van der Waals surface area (Å²) in [5.41, 5.74) is 2.12. The smallest absolute Gasteiger partial charge is 0.261 e. The average Bonchev–Trinajstić information content (AvgIpc) is 2.74. The standard InChI is InChI=1S/C20H12F3N5/c21-20(22,23)17-7-6-14(10-26-17)19-27-11-15(16-12-24-8-9-25-16)18(28-19)13-4-2-1-3-5-13/h1-12H. The molecule has 0 N–H and O–H groups in total. The lowest BCUT2D eigenvalue weighted by Gasteiger charge is -2.11. The molecule has 4 aromatic rings. The zero-order chi connectivity index (χ0) is 19.6. The summed E-state index contributed by atoms with van der Waals surface area (Å²) in [4.78, 5) is 20.7. The molecule has 0 aliphatic carbocycles. The van der Waals surface area contributed by atoms with Crippen LogP contribution in [0.4, 0.5) is 13.2 Å².